The molecule has 22 rings (SSSR count). The Balaban J connectivity index is 0.000000148. The van der Waals surface area contributed by atoms with Crippen molar-refractivity contribution in [3.05, 3.63) is 488 Å². The number of hydrogen-bond acceptors (Lipinski definition) is 2. The first kappa shape index (κ1) is 81.0. The molecule has 0 saturated carbocycles. The molecule has 2 N–H and O–H groups in total. The molecule has 0 radical (unpaired) electrons. The Morgan fingerprint density at radius 1 is 0.143 bits per heavy atom. The summed E-state index contributed by atoms with van der Waals surface area (Å²) in [5.74, 6) is 0. The van der Waals surface area contributed by atoms with Gasteiger partial charge in [-0.25, -0.2) is 0 Å². The SMILES string of the molecule is Brc1ccc2c3ccc(Br)cc3c3c(-c4ccccc4)c(-c4ccccc4)c(-c4ccccc4)c(-c4ccccc4)c3c2c1.C.OB(O)c1ccc(-c2ccccc2)cc1.c1ccc(-c2ccc(-c3ccc4c5ccc(-c6ccc(-c7ccccc7)cc6)cc5c5c(-c6ccccc6)c(-c6ccccc6)c(-c6ccccc6)c(-c6ccccc6)c5c4c3)cc2)cc1. The van der Waals surface area contributed by atoms with Crippen LogP contribution < -0.4 is 5.46 Å². The van der Waals surface area contributed by atoms with E-state index in [0.29, 0.717) is 5.46 Å². The molecule has 0 spiro atoms. The summed E-state index contributed by atoms with van der Waals surface area (Å²) in [6, 6.07) is 172. The molecule has 0 heterocycles. The Hall–Kier alpha value is -14.7. The van der Waals surface area contributed by atoms with Crippen LogP contribution in [0.4, 0.5) is 0 Å². The fourth-order valence-corrected chi connectivity index (χ4v) is 19.1. The summed E-state index contributed by atoms with van der Waals surface area (Å²) in [6.45, 7) is 0. The zero-order valence-electron chi connectivity index (χ0n) is 68.3. The number of fused-ring (bicyclic) bond motifs is 12. The highest BCUT2D eigenvalue weighted by atomic mass is 79.9. The van der Waals surface area contributed by atoms with Crippen LogP contribution in [0.5, 0.6) is 0 Å². The van der Waals surface area contributed by atoms with E-state index in [4.69, 9.17) is 10.0 Å². The van der Waals surface area contributed by atoms with Crippen LogP contribution in [0.25, 0.3) is 209 Å². The zero-order valence-corrected chi connectivity index (χ0v) is 71.5. The van der Waals surface area contributed by atoms with Gasteiger partial charge >= 0.3 is 7.12 Å². The van der Waals surface area contributed by atoms with E-state index in [0.717, 1.165) is 20.1 Å². The molecule has 0 atom stereocenters. The highest BCUT2D eigenvalue weighted by Gasteiger charge is 2.30. The minimum Gasteiger partial charge on any atom is -0.423 e. The maximum Gasteiger partial charge on any atom is 0.488 e. The highest BCUT2D eigenvalue weighted by Crippen LogP contribution is 2.58. The lowest BCUT2D eigenvalue weighted by Crippen LogP contribution is -2.29. The van der Waals surface area contributed by atoms with Gasteiger partial charge in [0.1, 0.15) is 0 Å². The smallest absolute Gasteiger partial charge is 0.423 e. The predicted molar refractivity (Wildman–Crippen MR) is 547 cm³/mol. The fourth-order valence-electron chi connectivity index (χ4n) is 18.4. The molecular formula is C121H85BBr2O2. The molecule has 0 fully saturated rings. The molecule has 0 aliphatic carbocycles. The lowest BCUT2D eigenvalue weighted by Gasteiger charge is -2.27. The summed E-state index contributed by atoms with van der Waals surface area (Å²) in [4.78, 5) is 0. The minimum atomic E-state index is -1.39. The van der Waals surface area contributed by atoms with E-state index in [1.54, 1.807) is 12.1 Å². The van der Waals surface area contributed by atoms with Crippen LogP contribution in [-0.2, 0) is 0 Å². The van der Waals surface area contributed by atoms with Crippen LogP contribution in [0.1, 0.15) is 7.43 Å². The van der Waals surface area contributed by atoms with Gasteiger partial charge in [-0.05, 0) is 251 Å². The molecule has 598 valence electrons. The molecule has 0 saturated heterocycles. The van der Waals surface area contributed by atoms with E-state index in [-0.39, 0.29) is 7.43 Å². The van der Waals surface area contributed by atoms with Crippen LogP contribution in [0.15, 0.2) is 488 Å². The van der Waals surface area contributed by atoms with Gasteiger partial charge in [-0.15, -0.1) is 0 Å². The lowest BCUT2D eigenvalue weighted by atomic mass is 9.76. The van der Waals surface area contributed by atoms with E-state index in [2.05, 4.69) is 457 Å². The van der Waals surface area contributed by atoms with Crippen LogP contribution in [0.3, 0.4) is 0 Å². The molecule has 0 amide bonds. The number of rotatable bonds is 14. The van der Waals surface area contributed by atoms with Crippen molar-refractivity contribution in [3.63, 3.8) is 0 Å². The van der Waals surface area contributed by atoms with E-state index in [1.807, 2.05) is 42.5 Å². The second-order valence-electron chi connectivity index (χ2n) is 31.6. The average molecular weight is 1740 g/mol. The van der Waals surface area contributed by atoms with Gasteiger partial charge < -0.3 is 10.0 Å². The second-order valence-corrected chi connectivity index (χ2v) is 33.4. The second kappa shape index (κ2) is 36.4. The standard InChI is InChI=1S/C66H44.C42H26Br2.C12H11BO2.CH4/c1-7-19-45(20-8-1)47-31-35-49(36-32-47)55-39-41-57-58-42-40-56(50-37-33-48(34-38-50)46-21-9-2-10-22-46)44-60(58)66-64(54-29-17-6-18-30-54)62(52-25-13-4-14-26-52)61(51-23-11-3-12-24-51)63(65(66)59(57)43-55)53-27-15-5-16-28-53;43-31-21-23-33-34-24-22-32(44)26-36(34)42-40(30-19-11-4-12-20-30)38(28-15-7-2-8-16-28)37(27-13-5-1-6-14-27)39(41(42)35(33)25-31)29-17-9-3-10-18-29;14-13(15)12-8-6-11(7-9-12)10-4-2-1-3-5-10;/h1-44H;1-26H;1-9,14-15H;1H4. The summed E-state index contributed by atoms with van der Waals surface area (Å²) in [5, 5.41) is 32.8. The van der Waals surface area contributed by atoms with Crippen molar-refractivity contribution in [3.8, 4) is 145 Å². The maximum absolute atomic E-state index is 8.94. The Morgan fingerprint density at radius 2 is 0.302 bits per heavy atom. The zero-order chi connectivity index (χ0) is 84.1. The third-order valence-corrected chi connectivity index (χ3v) is 25.1. The Kier molecular flexibility index (Phi) is 23.4. The molecule has 22 aromatic carbocycles. The highest BCUT2D eigenvalue weighted by molar-refractivity contribution is 9.10. The van der Waals surface area contributed by atoms with Gasteiger partial charge in [0.15, 0.2) is 0 Å². The van der Waals surface area contributed by atoms with Crippen molar-refractivity contribution in [2.75, 3.05) is 0 Å². The molecule has 0 aliphatic rings. The van der Waals surface area contributed by atoms with Gasteiger partial charge in [-0.2, -0.15) is 0 Å². The molecule has 2 nitrogen and oxygen atoms in total. The minimum absolute atomic E-state index is 0. The summed E-state index contributed by atoms with van der Waals surface area (Å²) >= 11 is 7.69. The van der Waals surface area contributed by atoms with E-state index >= 15 is 0 Å². The van der Waals surface area contributed by atoms with E-state index < -0.39 is 7.12 Å². The van der Waals surface area contributed by atoms with Gasteiger partial charge in [0.05, 0.1) is 0 Å². The third-order valence-electron chi connectivity index (χ3n) is 24.1. The summed E-state index contributed by atoms with van der Waals surface area (Å²) < 4.78 is 2.13. The normalized spacial score (nSPS) is 11.1. The van der Waals surface area contributed by atoms with Crippen LogP contribution in [0, 0.1) is 0 Å². The predicted octanol–water partition coefficient (Wildman–Crippen LogP) is 33.5. The monoisotopic (exact) mass is 1740 g/mol. The third kappa shape index (κ3) is 16.0. The Labute approximate surface area is 753 Å². The summed E-state index contributed by atoms with van der Waals surface area (Å²) in [5.41, 5.74) is 31.7. The van der Waals surface area contributed by atoms with Gasteiger partial charge in [-0.3, -0.25) is 0 Å². The number of hydrogen-bond donors (Lipinski definition) is 2. The molecule has 0 bridgehead atoms. The molecule has 5 heteroatoms. The molecule has 22 aromatic rings. The topological polar surface area (TPSA) is 40.5 Å². The van der Waals surface area contributed by atoms with Crippen molar-refractivity contribution in [2.24, 2.45) is 0 Å². The maximum atomic E-state index is 8.94. The summed E-state index contributed by atoms with van der Waals surface area (Å²) in [6.07, 6.45) is 0. The Morgan fingerprint density at radius 3 is 0.516 bits per heavy atom. The quantitative estimate of drug-likeness (QED) is 0.0841. The van der Waals surface area contributed by atoms with E-state index in [1.165, 1.54) is 198 Å². The van der Waals surface area contributed by atoms with Crippen molar-refractivity contribution >= 4 is 109 Å². The van der Waals surface area contributed by atoms with Crippen LogP contribution in [-0.4, -0.2) is 17.2 Å². The van der Waals surface area contributed by atoms with Crippen LogP contribution >= 0.6 is 31.9 Å². The van der Waals surface area contributed by atoms with Crippen molar-refractivity contribution in [1.82, 2.24) is 0 Å². The van der Waals surface area contributed by atoms with Gasteiger partial charge in [0, 0.05) is 8.95 Å². The van der Waals surface area contributed by atoms with Crippen molar-refractivity contribution in [2.45, 2.75) is 7.43 Å². The molecule has 0 aromatic heterocycles. The van der Waals surface area contributed by atoms with E-state index in [9.17, 15) is 0 Å². The summed E-state index contributed by atoms with van der Waals surface area (Å²) in [7, 11) is -1.39. The first-order valence-corrected chi connectivity index (χ1v) is 44.0. The van der Waals surface area contributed by atoms with Gasteiger partial charge in [-0.1, -0.05) is 482 Å². The number of benzene rings is 22. The molecule has 126 heavy (non-hydrogen) atoms. The van der Waals surface area contributed by atoms with Gasteiger partial charge in [0.2, 0.25) is 0 Å². The van der Waals surface area contributed by atoms with Crippen LogP contribution in [0.2, 0.25) is 0 Å². The average Bonchev–Trinajstić information content (AvgIpc) is 0.699. The largest absolute Gasteiger partial charge is 0.488 e. The fraction of sp³-hybridized carbons (Fsp3) is 0.00826. The lowest BCUT2D eigenvalue weighted by molar-refractivity contribution is 0.426. The number of halogens is 2. The van der Waals surface area contributed by atoms with Crippen molar-refractivity contribution in [1.29, 1.82) is 0 Å². The van der Waals surface area contributed by atoms with Crippen molar-refractivity contribution < 1.29 is 10.0 Å². The first-order valence-electron chi connectivity index (χ1n) is 42.4. The Bertz CT molecular complexity index is 7210. The van der Waals surface area contributed by atoms with Gasteiger partial charge in [0.25, 0.3) is 0 Å². The molecule has 0 unspecified atom stereocenters. The molecule has 0 aliphatic heterocycles. The molecular weight excluding hydrogens is 1660 g/mol. The first-order chi connectivity index (χ1) is 61.7.